The van der Waals surface area contributed by atoms with Crippen LogP contribution < -0.4 is 10.6 Å². The summed E-state index contributed by atoms with van der Waals surface area (Å²) in [5.41, 5.74) is 0.769. The summed E-state index contributed by atoms with van der Waals surface area (Å²) in [4.78, 5) is 11.4. The molecule has 0 heterocycles. The van der Waals surface area contributed by atoms with E-state index in [-0.39, 0.29) is 17.2 Å². The summed E-state index contributed by atoms with van der Waals surface area (Å²) in [7, 11) is 1.85. The summed E-state index contributed by atoms with van der Waals surface area (Å²) in [5, 5.41) is 6.14. The monoisotopic (exact) mass is 198 g/mol. The second-order valence-electron chi connectivity index (χ2n) is 4.69. The summed E-state index contributed by atoms with van der Waals surface area (Å²) in [6.07, 6.45) is 0. The first kappa shape index (κ1) is 13.2. The molecule has 2 N–H and O–H groups in total. The van der Waals surface area contributed by atoms with Crippen LogP contribution >= 0.6 is 0 Å². The molecule has 82 valence electrons. The highest BCUT2D eigenvalue weighted by atomic mass is 16.1. The highest BCUT2D eigenvalue weighted by Gasteiger charge is 2.28. The van der Waals surface area contributed by atoms with Gasteiger partial charge in [0, 0.05) is 12.2 Å². The normalized spacial score (nSPS) is 13.5. The third kappa shape index (κ3) is 4.42. The first-order valence-corrected chi connectivity index (χ1v) is 4.88. The van der Waals surface area contributed by atoms with Crippen LogP contribution in [-0.2, 0) is 4.79 Å². The highest BCUT2D eigenvalue weighted by molar-refractivity contribution is 5.82. The van der Waals surface area contributed by atoms with E-state index in [1.54, 1.807) is 6.92 Å². The quantitative estimate of drug-likeness (QED) is 0.700. The molecule has 0 aromatic carbocycles. The number of rotatable bonds is 5. The molecule has 0 aliphatic heterocycles. The Balaban J connectivity index is 4.40. The second kappa shape index (κ2) is 5.15. The van der Waals surface area contributed by atoms with Gasteiger partial charge in [0.1, 0.15) is 0 Å². The van der Waals surface area contributed by atoms with Gasteiger partial charge in [-0.1, -0.05) is 27.4 Å². The van der Waals surface area contributed by atoms with Crippen LogP contribution in [0.5, 0.6) is 0 Å². The van der Waals surface area contributed by atoms with Gasteiger partial charge in [-0.25, -0.2) is 0 Å². The van der Waals surface area contributed by atoms with Gasteiger partial charge in [0.25, 0.3) is 0 Å². The van der Waals surface area contributed by atoms with Gasteiger partial charge in [-0.05, 0) is 19.4 Å². The standard InChI is InChI=1S/C11H22N2O/c1-8(7-12-6)13-10(9(2)14)11(3,4)5/h10,12-13H,1,7H2,2-6H3. The molecule has 0 radical (unpaired) electrons. The summed E-state index contributed by atoms with van der Waals surface area (Å²) >= 11 is 0. The lowest BCUT2D eigenvalue weighted by molar-refractivity contribution is -0.121. The van der Waals surface area contributed by atoms with Gasteiger partial charge in [0.05, 0.1) is 6.04 Å². The number of carbonyl (C=O) groups excluding carboxylic acids is 1. The highest BCUT2D eigenvalue weighted by Crippen LogP contribution is 2.20. The number of hydrogen-bond acceptors (Lipinski definition) is 3. The SMILES string of the molecule is C=C(CNC)NC(C(C)=O)C(C)(C)C. The molecule has 0 aromatic rings. The van der Waals surface area contributed by atoms with Gasteiger partial charge in [0.2, 0.25) is 0 Å². The first-order valence-electron chi connectivity index (χ1n) is 4.88. The molecule has 3 heteroatoms. The Hall–Kier alpha value is -0.830. The van der Waals surface area contributed by atoms with Crippen LogP contribution in [0.4, 0.5) is 0 Å². The summed E-state index contributed by atoms with van der Waals surface area (Å²) < 4.78 is 0. The lowest BCUT2D eigenvalue weighted by Crippen LogP contribution is -2.46. The van der Waals surface area contributed by atoms with Crippen LogP contribution in [-0.4, -0.2) is 25.4 Å². The fraction of sp³-hybridized carbons (Fsp3) is 0.727. The average Bonchev–Trinajstić information content (AvgIpc) is 1.98. The maximum atomic E-state index is 11.4. The van der Waals surface area contributed by atoms with Crippen molar-refractivity contribution in [3.8, 4) is 0 Å². The van der Waals surface area contributed by atoms with E-state index in [2.05, 4.69) is 17.2 Å². The minimum Gasteiger partial charge on any atom is -0.378 e. The van der Waals surface area contributed by atoms with Crippen molar-refractivity contribution in [3.63, 3.8) is 0 Å². The maximum Gasteiger partial charge on any atom is 0.152 e. The smallest absolute Gasteiger partial charge is 0.152 e. The molecular weight excluding hydrogens is 176 g/mol. The van der Waals surface area contributed by atoms with Gasteiger partial charge < -0.3 is 10.6 Å². The Labute approximate surface area is 87.0 Å². The zero-order valence-corrected chi connectivity index (χ0v) is 9.90. The van der Waals surface area contributed by atoms with Crippen molar-refractivity contribution < 1.29 is 4.79 Å². The molecule has 3 nitrogen and oxygen atoms in total. The van der Waals surface area contributed by atoms with Crippen LogP contribution in [0.15, 0.2) is 12.3 Å². The van der Waals surface area contributed by atoms with E-state index in [0.717, 1.165) is 5.70 Å². The van der Waals surface area contributed by atoms with E-state index in [9.17, 15) is 4.79 Å². The third-order valence-electron chi connectivity index (χ3n) is 2.01. The van der Waals surface area contributed by atoms with E-state index in [1.165, 1.54) is 0 Å². The van der Waals surface area contributed by atoms with E-state index in [0.29, 0.717) is 6.54 Å². The number of carbonyl (C=O) groups is 1. The predicted octanol–water partition coefficient (Wildman–Crippen LogP) is 1.31. The summed E-state index contributed by atoms with van der Waals surface area (Å²) in [6, 6.07) is -0.164. The third-order valence-corrected chi connectivity index (χ3v) is 2.01. The van der Waals surface area contributed by atoms with Crippen molar-refractivity contribution in [3.05, 3.63) is 12.3 Å². The molecule has 14 heavy (non-hydrogen) atoms. The van der Waals surface area contributed by atoms with E-state index < -0.39 is 0 Å². The lowest BCUT2D eigenvalue weighted by atomic mass is 9.84. The molecule has 0 bridgehead atoms. The van der Waals surface area contributed by atoms with Crippen LogP contribution in [0.3, 0.4) is 0 Å². The molecule has 1 unspecified atom stereocenters. The fourth-order valence-electron chi connectivity index (χ4n) is 1.40. The number of Topliss-reactive ketones (excluding diaryl/α,β-unsaturated/α-hetero) is 1. The van der Waals surface area contributed by atoms with Crippen LogP contribution in [0, 0.1) is 5.41 Å². The molecule has 0 saturated heterocycles. The molecule has 1 atom stereocenters. The van der Waals surface area contributed by atoms with Crippen molar-refractivity contribution in [2.24, 2.45) is 5.41 Å². The minimum atomic E-state index is -0.164. The topological polar surface area (TPSA) is 41.1 Å². The number of nitrogens with one attached hydrogen (secondary N) is 2. The van der Waals surface area contributed by atoms with Gasteiger partial charge in [-0.3, -0.25) is 4.79 Å². The number of likely N-dealkylation sites (N-methyl/N-ethyl adjacent to an activating group) is 1. The van der Waals surface area contributed by atoms with Crippen molar-refractivity contribution in [2.75, 3.05) is 13.6 Å². The second-order valence-corrected chi connectivity index (χ2v) is 4.69. The Morgan fingerprint density at radius 3 is 2.21 bits per heavy atom. The van der Waals surface area contributed by atoms with Crippen molar-refractivity contribution in [1.82, 2.24) is 10.6 Å². The molecule has 0 aliphatic rings. The Bertz CT molecular complexity index is 216. The first-order chi connectivity index (χ1) is 6.29. The molecule has 0 saturated carbocycles. The fourth-order valence-corrected chi connectivity index (χ4v) is 1.40. The minimum absolute atomic E-state index is 0.0808. The van der Waals surface area contributed by atoms with Crippen molar-refractivity contribution >= 4 is 5.78 Å². The van der Waals surface area contributed by atoms with E-state index in [1.807, 2.05) is 27.8 Å². The zero-order valence-electron chi connectivity index (χ0n) is 9.90. The maximum absolute atomic E-state index is 11.4. The predicted molar refractivity (Wildman–Crippen MR) is 60.1 cm³/mol. The summed E-state index contributed by atoms with van der Waals surface area (Å²) in [6.45, 7) is 12.3. The number of hydrogen-bond donors (Lipinski definition) is 2. The average molecular weight is 198 g/mol. The van der Waals surface area contributed by atoms with Gasteiger partial charge in [-0.2, -0.15) is 0 Å². The van der Waals surface area contributed by atoms with Crippen molar-refractivity contribution in [2.45, 2.75) is 33.7 Å². The summed E-state index contributed by atoms with van der Waals surface area (Å²) in [5.74, 6) is 0.148. The lowest BCUT2D eigenvalue weighted by Gasteiger charge is -2.30. The molecule has 0 fully saturated rings. The molecule has 0 amide bonds. The largest absolute Gasteiger partial charge is 0.378 e. The van der Waals surface area contributed by atoms with Gasteiger partial charge >= 0.3 is 0 Å². The molecule has 0 aromatic heterocycles. The molecule has 0 rings (SSSR count). The molecule has 0 spiro atoms. The van der Waals surface area contributed by atoms with Gasteiger partial charge in [-0.15, -0.1) is 0 Å². The molecule has 0 aliphatic carbocycles. The number of ketones is 1. The van der Waals surface area contributed by atoms with E-state index >= 15 is 0 Å². The van der Waals surface area contributed by atoms with E-state index in [4.69, 9.17) is 0 Å². The Morgan fingerprint density at radius 1 is 1.43 bits per heavy atom. The van der Waals surface area contributed by atoms with Crippen LogP contribution in [0.25, 0.3) is 0 Å². The zero-order chi connectivity index (χ0) is 11.4. The van der Waals surface area contributed by atoms with Crippen LogP contribution in [0.2, 0.25) is 0 Å². The van der Waals surface area contributed by atoms with Crippen LogP contribution in [0.1, 0.15) is 27.7 Å². The van der Waals surface area contributed by atoms with Gasteiger partial charge in [0.15, 0.2) is 5.78 Å². The molecular formula is C11H22N2O. The van der Waals surface area contributed by atoms with Crippen molar-refractivity contribution in [1.29, 1.82) is 0 Å². The Kier molecular flexibility index (Phi) is 4.85. The Morgan fingerprint density at radius 2 is 1.93 bits per heavy atom.